The fourth-order valence-electron chi connectivity index (χ4n) is 3.38. The zero-order valence-corrected chi connectivity index (χ0v) is 13.0. The average molecular weight is 313 g/mol. The standard InChI is InChI=1S/C17H19N3O3/c1-11-8-18-19-16(11)13-3-2-6-20(9-13)17(21)12-4-5-14-15(7-12)23-10-22-14/h4-5,7-8,13H,2-3,6,9-10H2,1H3,(H,18,19)/t13-/m1/s1. The summed E-state index contributed by atoms with van der Waals surface area (Å²) in [4.78, 5) is 14.7. The molecule has 0 radical (unpaired) electrons. The van der Waals surface area contributed by atoms with Crippen LogP contribution in [0.15, 0.2) is 24.4 Å². The topological polar surface area (TPSA) is 67.5 Å². The summed E-state index contributed by atoms with van der Waals surface area (Å²) in [6, 6.07) is 5.38. The summed E-state index contributed by atoms with van der Waals surface area (Å²) in [7, 11) is 0. The number of benzene rings is 1. The van der Waals surface area contributed by atoms with Crippen LogP contribution in [0.1, 0.15) is 40.4 Å². The molecule has 6 nitrogen and oxygen atoms in total. The van der Waals surface area contributed by atoms with Gasteiger partial charge in [-0.25, -0.2) is 0 Å². The third-order valence-corrected chi connectivity index (χ3v) is 4.60. The first kappa shape index (κ1) is 14.1. The average Bonchev–Trinajstić information content (AvgIpc) is 3.22. The van der Waals surface area contributed by atoms with E-state index in [2.05, 4.69) is 17.1 Å². The molecule has 2 aliphatic rings. The Morgan fingerprint density at radius 2 is 2.22 bits per heavy atom. The second-order valence-corrected chi connectivity index (χ2v) is 6.13. The SMILES string of the molecule is Cc1cn[nH]c1[C@@H]1CCCN(C(=O)c2ccc3c(c2)OCO3)C1. The van der Waals surface area contributed by atoms with Crippen molar-refractivity contribution in [2.45, 2.75) is 25.7 Å². The minimum absolute atomic E-state index is 0.0465. The lowest BCUT2D eigenvalue weighted by atomic mass is 9.92. The lowest BCUT2D eigenvalue weighted by Gasteiger charge is -2.32. The Kier molecular flexibility index (Phi) is 3.44. The number of amides is 1. The molecule has 1 aromatic heterocycles. The molecule has 1 N–H and O–H groups in total. The highest BCUT2D eigenvalue weighted by molar-refractivity contribution is 5.95. The molecule has 1 fully saturated rings. The molecule has 6 heteroatoms. The van der Waals surface area contributed by atoms with Gasteiger partial charge in [0.1, 0.15) is 0 Å². The van der Waals surface area contributed by atoms with Crippen LogP contribution in [0.4, 0.5) is 0 Å². The number of nitrogens with one attached hydrogen (secondary N) is 1. The lowest BCUT2D eigenvalue weighted by molar-refractivity contribution is 0.0705. The van der Waals surface area contributed by atoms with Gasteiger partial charge in [0.15, 0.2) is 11.5 Å². The van der Waals surface area contributed by atoms with Gasteiger partial charge in [-0.1, -0.05) is 0 Å². The minimum Gasteiger partial charge on any atom is -0.454 e. The summed E-state index contributed by atoms with van der Waals surface area (Å²) in [5.74, 6) is 1.72. The van der Waals surface area contributed by atoms with Crippen molar-refractivity contribution in [2.24, 2.45) is 0 Å². The number of rotatable bonds is 2. The van der Waals surface area contributed by atoms with Crippen molar-refractivity contribution in [1.29, 1.82) is 0 Å². The molecule has 0 aliphatic carbocycles. The normalized spacial score (nSPS) is 19.9. The van der Waals surface area contributed by atoms with E-state index in [9.17, 15) is 4.79 Å². The molecule has 0 spiro atoms. The highest BCUT2D eigenvalue weighted by Gasteiger charge is 2.28. The Labute approximate surface area is 134 Å². The summed E-state index contributed by atoms with van der Waals surface area (Å²) >= 11 is 0. The van der Waals surface area contributed by atoms with Gasteiger partial charge in [-0.05, 0) is 43.5 Å². The van der Waals surface area contributed by atoms with Crippen LogP contribution < -0.4 is 9.47 Å². The molecule has 4 rings (SSSR count). The third kappa shape index (κ3) is 2.54. The number of hydrogen-bond donors (Lipinski definition) is 1. The van der Waals surface area contributed by atoms with Gasteiger partial charge < -0.3 is 14.4 Å². The molecule has 23 heavy (non-hydrogen) atoms. The van der Waals surface area contributed by atoms with Crippen molar-refractivity contribution in [1.82, 2.24) is 15.1 Å². The lowest BCUT2D eigenvalue weighted by Crippen LogP contribution is -2.39. The molecule has 1 amide bonds. The zero-order valence-electron chi connectivity index (χ0n) is 13.0. The predicted molar refractivity (Wildman–Crippen MR) is 83.8 cm³/mol. The smallest absolute Gasteiger partial charge is 0.254 e. The third-order valence-electron chi connectivity index (χ3n) is 4.60. The Bertz CT molecular complexity index is 740. The number of aryl methyl sites for hydroxylation is 1. The fourth-order valence-corrected chi connectivity index (χ4v) is 3.38. The molecular formula is C17H19N3O3. The molecule has 0 unspecified atom stereocenters. The first-order chi connectivity index (χ1) is 11.2. The van der Waals surface area contributed by atoms with Crippen molar-refractivity contribution in [3.8, 4) is 11.5 Å². The van der Waals surface area contributed by atoms with E-state index in [4.69, 9.17) is 9.47 Å². The van der Waals surface area contributed by atoms with Crippen LogP contribution in [0.5, 0.6) is 11.5 Å². The number of aromatic nitrogens is 2. The van der Waals surface area contributed by atoms with E-state index in [1.54, 1.807) is 18.2 Å². The van der Waals surface area contributed by atoms with Crippen LogP contribution in [0.2, 0.25) is 0 Å². The number of likely N-dealkylation sites (tertiary alicyclic amines) is 1. The highest BCUT2D eigenvalue weighted by Crippen LogP contribution is 2.34. The van der Waals surface area contributed by atoms with Gasteiger partial charge in [-0.2, -0.15) is 5.10 Å². The molecule has 1 saturated heterocycles. The van der Waals surface area contributed by atoms with E-state index in [0.717, 1.165) is 37.2 Å². The summed E-state index contributed by atoms with van der Waals surface area (Å²) < 4.78 is 10.7. The van der Waals surface area contributed by atoms with Crippen molar-refractivity contribution in [3.63, 3.8) is 0 Å². The maximum absolute atomic E-state index is 12.8. The van der Waals surface area contributed by atoms with Crippen LogP contribution in [0, 0.1) is 6.92 Å². The van der Waals surface area contributed by atoms with Crippen LogP contribution >= 0.6 is 0 Å². The monoisotopic (exact) mass is 313 g/mol. The van der Waals surface area contributed by atoms with E-state index in [1.165, 1.54) is 0 Å². The number of ether oxygens (including phenoxy) is 2. The number of carbonyl (C=O) groups is 1. The van der Waals surface area contributed by atoms with Crippen molar-refractivity contribution in [3.05, 3.63) is 41.2 Å². The van der Waals surface area contributed by atoms with Gasteiger partial charge in [-0.15, -0.1) is 0 Å². The van der Waals surface area contributed by atoms with Crippen LogP contribution in [-0.4, -0.2) is 40.9 Å². The summed E-state index contributed by atoms with van der Waals surface area (Å²) in [6.45, 7) is 3.78. The van der Waals surface area contributed by atoms with Gasteiger partial charge >= 0.3 is 0 Å². The Morgan fingerprint density at radius 3 is 3.04 bits per heavy atom. The number of carbonyl (C=O) groups excluding carboxylic acids is 1. The van der Waals surface area contributed by atoms with Crippen molar-refractivity contribution >= 4 is 5.91 Å². The van der Waals surface area contributed by atoms with Gasteiger partial charge in [-0.3, -0.25) is 9.89 Å². The predicted octanol–water partition coefficient (Wildman–Crippen LogP) is 2.47. The van der Waals surface area contributed by atoms with Crippen LogP contribution in [0.25, 0.3) is 0 Å². The van der Waals surface area contributed by atoms with E-state index in [0.29, 0.717) is 23.0 Å². The Balaban J connectivity index is 1.53. The van der Waals surface area contributed by atoms with Crippen LogP contribution in [0.3, 0.4) is 0 Å². The van der Waals surface area contributed by atoms with E-state index < -0.39 is 0 Å². The quantitative estimate of drug-likeness (QED) is 0.925. The fraction of sp³-hybridized carbons (Fsp3) is 0.412. The Morgan fingerprint density at radius 1 is 1.35 bits per heavy atom. The van der Waals surface area contributed by atoms with Gasteiger partial charge in [0.25, 0.3) is 5.91 Å². The van der Waals surface area contributed by atoms with Gasteiger partial charge in [0.2, 0.25) is 6.79 Å². The number of aromatic amines is 1. The molecule has 3 heterocycles. The molecule has 1 atom stereocenters. The Hall–Kier alpha value is -2.50. The number of nitrogens with zero attached hydrogens (tertiary/aromatic N) is 2. The van der Waals surface area contributed by atoms with Crippen molar-refractivity contribution in [2.75, 3.05) is 19.9 Å². The first-order valence-corrected chi connectivity index (χ1v) is 7.91. The molecule has 2 aliphatic heterocycles. The zero-order chi connectivity index (χ0) is 15.8. The molecule has 0 saturated carbocycles. The maximum atomic E-state index is 12.8. The minimum atomic E-state index is 0.0465. The van der Waals surface area contributed by atoms with Gasteiger partial charge in [0, 0.05) is 30.3 Å². The number of H-pyrrole nitrogens is 1. The second-order valence-electron chi connectivity index (χ2n) is 6.13. The summed E-state index contributed by atoms with van der Waals surface area (Å²) in [5.41, 5.74) is 2.96. The van der Waals surface area contributed by atoms with E-state index >= 15 is 0 Å². The number of piperidine rings is 1. The molecular weight excluding hydrogens is 294 g/mol. The molecule has 0 bridgehead atoms. The highest BCUT2D eigenvalue weighted by atomic mass is 16.7. The second kappa shape index (κ2) is 5.61. The number of hydrogen-bond acceptors (Lipinski definition) is 4. The van der Waals surface area contributed by atoms with Crippen LogP contribution in [-0.2, 0) is 0 Å². The van der Waals surface area contributed by atoms with Gasteiger partial charge in [0.05, 0.1) is 6.20 Å². The van der Waals surface area contributed by atoms with E-state index in [-0.39, 0.29) is 12.7 Å². The van der Waals surface area contributed by atoms with Crippen molar-refractivity contribution < 1.29 is 14.3 Å². The summed E-state index contributed by atoms with van der Waals surface area (Å²) in [6.07, 6.45) is 3.92. The summed E-state index contributed by atoms with van der Waals surface area (Å²) in [5, 5.41) is 7.19. The number of fused-ring (bicyclic) bond motifs is 1. The molecule has 1 aromatic carbocycles. The first-order valence-electron chi connectivity index (χ1n) is 7.91. The van der Waals surface area contributed by atoms with E-state index in [1.807, 2.05) is 11.1 Å². The maximum Gasteiger partial charge on any atom is 0.254 e. The molecule has 2 aromatic rings. The molecule has 120 valence electrons. The largest absolute Gasteiger partial charge is 0.454 e.